The number of benzene rings is 1. The minimum Gasteiger partial charge on any atom is -0.480 e. The molecule has 6 nitrogen and oxygen atoms in total. The first-order chi connectivity index (χ1) is 11.2. The standard InChI is InChI=1S/C18H26N2O4/c1-11(2)9-15(18(23)24)20-16(21)10-19-17(22)14-7-5-13(6-8-14)12(3)4/h5-8,11-12,15H,9-10H2,1-4H3,(H,19,22)(H,20,21)(H,23,24)/t15-/m0/s1. The lowest BCUT2D eigenvalue weighted by atomic mass is 10.0. The maximum absolute atomic E-state index is 12.0. The van der Waals surface area contributed by atoms with Crippen molar-refractivity contribution < 1.29 is 19.5 Å². The second-order valence-corrected chi connectivity index (χ2v) is 6.55. The molecule has 0 aromatic heterocycles. The molecule has 1 aromatic rings. The van der Waals surface area contributed by atoms with Crippen LogP contribution in [0.3, 0.4) is 0 Å². The second kappa shape index (κ2) is 9.05. The fourth-order valence-electron chi connectivity index (χ4n) is 2.22. The van der Waals surface area contributed by atoms with Crippen molar-refractivity contribution >= 4 is 17.8 Å². The van der Waals surface area contributed by atoms with Gasteiger partial charge in [-0.15, -0.1) is 0 Å². The van der Waals surface area contributed by atoms with Crippen molar-refractivity contribution in [1.82, 2.24) is 10.6 Å². The van der Waals surface area contributed by atoms with Crippen LogP contribution in [0, 0.1) is 5.92 Å². The zero-order valence-corrected chi connectivity index (χ0v) is 14.6. The summed E-state index contributed by atoms with van der Waals surface area (Å²) in [6.07, 6.45) is 0.339. The summed E-state index contributed by atoms with van der Waals surface area (Å²) >= 11 is 0. The largest absolute Gasteiger partial charge is 0.480 e. The van der Waals surface area contributed by atoms with E-state index < -0.39 is 17.9 Å². The van der Waals surface area contributed by atoms with Gasteiger partial charge in [0.05, 0.1) is 6.54 Å². The highest BCUT2D eigenvalue weighted by Gasteiger charge is 2.21. The quantitative estimate of drug-likeness (QED) is 0.679. The number of nitrogens with one attached hydrogen (secondary N) is 2. The van der Waals surface area contributed by atoms with Gasteiger partial charge in [-0.05, 0) is 36.0 Å². The van der Waals surface area contributed by atoms with Gasteiger partial charge in [0.25, 0.3) is 5.91 Å². The third kappa shape index (κ3) is 6.40. The third-order valence-corrected chi connectivity index (χ3v) is 3.59. The third-order valence-electron chi connectivity index (χ3n) is 3.59. The van der Waals surface area contributed by atoms with E-state index in [9.17, 15) is 14.4 Å². The van der Waals surface area contributed by atoms with Crippen molar-refractivity contribution in [2.45, 2.75) is 46.1 Å². The second-order valence-electron chi connectivity index (χ2n) is 6.55. The van der Waals surface area contributed by atoms with Crippen LogP contribution in [-0.4, -0.2) is 35.5 Å². The molecule has 6 heteroatoms. The molecule has 0 aliphatic rings. The topological polar surface area (TPSA) is 95.5 Å². The van der Waals surface area contributed by atoms with E-state index in [0.29, 0.717) is 17.9 Å². The lowest BCUT2D eigenvalue weighted by Gasteiger charge is -2.16. The van der Waals surface area contributed by atoms with Crippen LogP contribution in [0.4, 0.5) is 0 Å². The molecule has 0 saturated heterocycles. The minimum absolute atomic E-state index is 0.139. The molecule has 0 saturated carbocycles. The van der Waals surface area contributed by atoms with E-state index in [1.54, 1.807) is 12.1 Å². The Morgan fingerprint density at radius 1 is 1.04 bits per heavy atom. The van der Waals surface area contributed by atoms with E-state index in [-0.39, 0.29) is 18.4 Å². The molecule has 1 rings (SSSR count). The van der Waals surface area contributed by atoms with E-state index in [4.69, 9.17) is 5.11 Å². The fraction of sp³-hybridized carbons (Fsp3) is 0.500. The van der Waals surface area contributed by atoms with Gasteiger partial charge in [-0.1, -0.05) is 39.8 Å². The molecule has 1 aromatic carbocycles. The van der Waals surface area contributed by atoms with Crippen molar-refractivity contribution in [3.05, 3.63) is 35.4 Å². The van der Waals surface area contributed by atoms with E-state index in [1.807, 2.05) is 26.0 Å². The Hall–Kier alpha value is -2.37. The maximum atomic E-state index is 12.0. The van der Waals surface area contributed by atoms with Crippen LogP contribution in [0.25, 0.3) is 0 Å². The lowest BCUT2D eigenvalue weighted by molar-refractivity contribution is -0.142. The Morgan fingerprint density at radius 3 is 2.08 bits per heavy atom. The zero-order valence-electron chi connectivity index (χ0n) is 14.6. The summed E-state index contributed by atoms with van der Waals surface area (Å²) in [7, 11) is 0. The van der Waals surface area contributed by atoms with E-state index in [0.717, 1.165) is 5.56 Å². The first-order valence-corrected chi connectivity index (χ1v) is 8.11. The van der Waals surface area contributed by atoms with Gasteiger partial charge in [0.15, 0.2) is 0 Å². The molecule has 3 N–H and O–H groups in total. The molecule has 0 aliphatic carbocycles. The van der Waals surface area contributed by atoms with Gasteiger partial charge in [-0.2, -0.15) is 0 Å². The minimum atomic E-state index is -1.08. The number of rotatable bonds is 8. The Kier molecular flexibility index (Phi) is 7.42. The molecule has 0 bridgehead atoms. The highest BCUT2D eigenvalue weighted by molar-refractivity contribution is 5.96. The number of carboxylic acid groups (broad SMARTS) is 1. The van der Waals surface area contributed by atoms with Crippen LogP contribution >= 0.6 is 0 Å². The summed E-state index contributed by atoms with van der Waals surface area (Å²) in [6, 6.07) is 6.23. The number of carbonyl (C=O) groups excluding carboxylic acids is 2. The van der Waals surface area contributed by atoms with Crippen LogP contribution in [0.5, 0.6) is 0 Å². The number of carboxylic acids is 1. The fourth-order valence-corrected chi connectivity index (χ4v) is 2.22. The first-order valence-electron chi connectivity index (χ1n) is 8.11. The smallest absolute Gasteiger partial charge is 0.326 e. The average Bonchev–Trinajstić information content (AvgIpc) is 2.51. The van der Waals surface area contributed by atoms with Gasteiger partial charge in [-0.25, -0.2) is 4.79 Å². The molecule has 2 amide bonds. The van der Waals surface area contributed by atoms with Crippen molar-refractivity contribution in [2.75, 3.05) is 6.54 Å². The Balaban J connectivity index is 2.53. The molecule has 24 heavy (non-hydrogen) atoms. The number of hydrogen-bond donors (Lipinski definition) is 3. The highest BCUT2D eigenvalue weighted by Crippen LogP contribution is 2.14. The van der Waals surface area contributed by atoms with E-state index in [1.165, 1.54) is 0 Å². The van der Waals surface area contributed by atoms with Gasteiger partial charge in [0, 0.05) is 5.56 Å². The Bertz CT molecular complexity index is 579. The van der Waals surface area contributed by atoms with Crippen molar-refractivity contribution in [2.24, 2.45) is 5.92 Å². The van der Waals surface area contributed by atoms with Crippen LogP contribution in [-0.2, 0) is 9.59 Å². The Morgan fingerprint density at radius 2 is 1.62 bits per heavy atom. The number of aliphatic carboxylic acids is 1. The van der Waals surface area contributed by atoms with Crippen LogP contribution < -0.4 is 10.6 Å². The first kappa shape index (κ1) is 19.7. The monoisotopic (exact) mass is 334 g/mol. The van der Waals surface area contributed by atoms with Gasteiger partial charge in [0.1, 0.15) is 6.04 Å². The lowest BCUT2D eigenvalue weighted by Crippen LogP contribution is -2.46. The predicted octanol–water partition coefficient (Wildman–Crippen LogP) is 2.16. The number of amides is 2. The van der Waals surface area contributed by atoms with E-state index >= 15 is 0 Å². The number of carbonyl (C=O) groups is 3. The van der Waals surface area contributed by atoms with Crippen molar-refractivity contribution in [3.8, 4) is 0 Å². The molecule has 0 heterocycles. The molecule has 0 unspecified atom stereocenters. The van der Waals surface area contributed by atoms with Crippen LogP contribution in [0.2, 0.25) is 0 Å². The van der Waals surface area contributed by atoms with Crippen molar-refractivity contribution in [1.29, 1.82) is 0 Å². The SMILES string of the molecule is CC(C)C[C@H](NC(=O)CNC(=O)c1ccc(C(C)C)cc1)C(=O)O. The van der Waals surface area contributed by atoms with Gasteiger partial charge in [-0.3, -0.25) is 9.59 Å². The van der Waals surface area contributed by atoms with Gasteiger partial charge < -0.3 is 15.7 Å². The molecule has 0 spiro atoms. The molecule has 132 valence electrons. The average molecular weight is 334 g/mol. The number of hydrogen-bond acceptors (Lipinski definition) is 3. The summed E-state index contributed by atoms with van der Waals surface area (Å²) in [5.41, 5.74) is 1.59. The maximum Gasteiger partial charge on any atom is 0.326 e. The Labute approximate surface area is 142 Å². The summed E-state index contributed by atoms with van der Waals surface area (Å²) in [4.78, 5) is 35.0. The summed E-state index contributed by atoms with van der Waals surface area (Å²) in [6.45, 7) is 7.63. The molecule has 0 aliphatic heterocycles. The summed E-state index contributed by atoms with van der Waals surface area (Å²) < 4.78 is 0. The molecule has 0 radical (unpaired) electrons. The van der Waals surface area contributed by atoms with E-state index in [2.05, 4.69) is 24.5 Å². The van der Waals surface area contributed by atoms with Gasteiger partial charge in [0.2, 0.25) is 5.91 Å². The highest BCUT2D eigenvalue weighted by atomic mass is 16.4. The molecule has 1 atom stereocenters. The zero-order chi connectivity index (χ0) is 18.3. The molecular weight excluding hydrogens is 308 g/mol. The predicted molar refractivity (Wildman–Crippen MR) is 91.9 cm³/mol. The summed E-state index contributed by atoms with van der Waals surface area (Å²) in [5, 5.41) is 14.0. The van der Waals surface area contributed by atoms with Gasteiger partial charge >= 0.3 is 5.97 Å². The molecule has 0 fully saturated rings. The van der Waals surface area contributed by atoms with Crippen LogP contribution in [0.15, 0.2) is 24.3 Å². The van der Waals surface area contributed by atoms with Crippen LogP contribution in [0.1, 0.15) is 56.0 Å². The van der Waals surface area contributed by atoms with Crippen molar-refractivity contribution in [3.63, 3.8) is 0 Å². The summed E-state index contributed by atoms with van der Waals surface area (Å²) in [5.74, 6) is -1.44. The molecular formula is C18H26N2O4. The normalized spacial score (nSPS) is 12.1.